The maximum absolute atomic E-state index is 13.2. The molecule has 11 heteroatoms. The molecule has 1 aliphatic rings. The summed E-state index contributed by atoms with van der Waals surface area (Å²) in [6.45, 7) is 3.60. The molecule has 0 saturated heterocycles. The molecule has 3 aromatic carbocycles. The number of rotatable bonds is 8. The summed E-state index contributed by atoms with van der Waals surface area (Å²) < 4.78 is 5.19. The quantitative estimate of drug-likeness (QED) is 0.251. The molecular formula is C28H22Cl3N3O5. The second-order valence-corrected chi connectivity index (χ2v) is 9.98. The second-order valence-electron chi connectivity index (χ2n) is 8.76. The highest BCUT2D eigenvalue weighted by molar-refractivity contribution is 6.53. The Kier molecular flexibility index (Phi) is 8.60. The van der Waals surface area contributed by atoms with E-state index in [1.54, 1.807) is 50.2 Å². The van der Waals surface area contributed by atoms with Crippen LogP contribution >= 0.6 is 34.8 Å². The van der Waals surface area contributed by atoms with Crippen LogP contribution in [0, 0.1) is 0 Å². The minimum atomic E-state index is -0.757. The molecule has 0 unspecified atom stereocenters. The van der Waals surface area contributed by atoms with Gasteiger partial charge in [-0.25, -0.2) is 9.69 Å². The highest BCUT2D eigenvalue weighted by atomic mass is 35.5. The summed E-state index contributed by atoms with van der Waals surface area (Å²) in [5.41, 5.74) is 1.52. The van der Waals surface area contributed by atoms with E-state index in [-0.39, 0.29) is 40.5 Å². The molecule has 2 N–H and O–H groups in total. The molecule has 0 aromatic heterocycles. The van der Waals surface area contributed by atoms with Gasteiger partial charge in [-0.1, -0.05) is 53.0 Å². The molecule has 0 fully saturated rings. The van der Waals surface area contributed by atoms with Gasteiger partial charge in [0, 0.05) is 27.8 Å². The van der Waals surface area contributed by atoms with Gasteiger partial charge in [0.1, 0.15) is 10.7 Å². The standard InChI is InChI=1S/C28H22Cl3N3O5/c1-15(2)39-28(38)17-6-4-8-21(12-17)34-26(36)23(31)24(27(34)37)33-20-7-3-5-16(11-20)25(35)32-14-18-9-10-19(29)13-22(18)30/h3-13,15,33H,14H2,1-2H3,(H,32,35). The van der Waals surface area contributed by atoms with Crippen LogP contribution in [0.3, 0.4) is 0 Å². The van der Waals surface area contributed by atoms with Crippen molar-refractivity contribution in [1.29, 1.82) is 0 Å². The molecule has 1 heterocycles. The van der Waals surface area contributed by atoms with Gasteiger partial charge in [-0.3, -0.25) is 14.4 Å². The molecule has 0 saturated carbocycles. The van der Waals surface area contributed by atoms with Crippen molar-refractivity contribution in [3.05, 3.63) is 104 Å². The minimum Gasteiger partial charge on any atom is -0.459 e. The van der Waals surface area contributed by atoms with Crippen LogP contribution in [0.25, 0.3) is 0 Å². The number of amides is 3. The third kappa shape index (κ3) is 6.42. The number of nitrogens with one attached hydrogen (secondary N) is 2. The fourth-order valence-corrected chi connectivity index (χ4v) is 4.41. The highest BCUT2D eigenvalue weighted by Crippen LogP contribution is 2.31. The van der Waals surface area contributed by atoms with Crippen LogP contribution in [0.15, 0.2) is 77.5 Å². The van der Waals surface area contributed by atoms with Crippen LogP contribution in [0.1, 0.15) is 40.1 Å². The third-order valence-electron chi connectivity index (χ3n) is 5.56. The maximum Gasteiger partial charge on any atom is 0.338 e. The Bertz CT molecular complexity index is 1520. The molecule has 0 bridgehead atoms. The summed E-state index contributed by atoms with van der Waals surface area (Å²) >= 11 is 18.3. The molecule has 1 aliphatic heterocycles. The molecule has 4 rings (SSSR count). The van der Waals surface area contributed by atoms with Crippen LogP contribution in [0.2, 0.25) is 10.0 Å². The summed E-state index contributed by atoms with van der Waals surface area (Å²) in [6, 6.07) is 17.3. The Morgan fingerprint density at radius 2 is 1.62 bits per heavy atom. The molecule has 0 radical (unpaired) electrons. The molecule has 39 heavy (non-hydrogen) atoms. The SMILES string of the molecule is CC(C)OC(=O)c1cccc(N2C(=O)C(Cl)=C(Nc3cccc(C(=O)NCc4ccc(Cl)cc4Cl)c3)C2=O)c1. The Balaban J connectivity index is 1.48. The van der Waals surface area contributed by atoms with E-state index in [0.29, 0.717) is 26.9 Å². The first kappa shape index (κ1) is 28.2. The van der Waals surface area contributed by atoms with Gasteiger partial charge < -0.3 is 15.4 Å². The van der Waals surface area contributed by atoms with E-state index in [1.807, 2.05) is 0 Å². The van der Waals surface area contributed by atoms with Crippen LogP contribution in [0.5, 0.6) is 0 Å². The predicted octanol–water partition coefficient (Wildman–Crippen LogP) is 5.92. The van der Waals surface area contributed by atoms with Gasteiger partial charge in [0.2, 0.25) is 0 Å². The maximum atomic E-state index is 13.2. The van der Waals surface area contributed by atoms with Crippen molar-refractivity contribution in [2.24, 2.45) is 0 Å². The molecule has 200 valence electrons. The van der Waals surface area contributed by atoms with Gasteiger partial charge in [0.15, 0.2) is 0 Å². The van der Waals surface area contributed by atoms with E-state index < -0.39 is 17.8 Å². The van der Waals surface area contributed by atoms with Crippen molar-refractivity contribution in [3.63, 3.8) is 0 Å². The van der Waals surface area contributed by atoms with Gasteiger partial charge in [0.05, 0.1) is 17.4 Å². The Morgan fingerprint density at radius 1 is 0.897 bits per heavy atom. The van der Waals surface area contributed by atoms with Crippen molar-refractivity contribution in [2.45, 2.75) is 26.5 Å². The van der Waals surface area contributed by atoms with Crippen molar-refractivity contribution < 1.29 is 23.9 Å². The first-order valence-corrected chi connectivity index (χ1v) is 12.9. The highest BCUT2D eigenvalue weighted by Gasteiger charge is 2.39. The minimum absolute atomic E-state index is 0.159. The van der Waals surface area contributed by atoms with Crippen molar-refractivity contribution >= 4 is 69.9 Å². The predicted molar refractivity (Wildman–Crippen MR) is 150 cm³/mol. The summed E-state index contributed by atoms with van der Waals surface area (Å²) in [7, 11) is 0. The summed E-state index contributed by atoms with van der Waals surface area (Å²) in [6.07, 6.45) is -0.337. The zero-order valence-electron chi connectivity index (χ0n) is 20.8. The van der Waals surface area contributed by atoms with E-state index in [4.69, 9.17) is 39.5 Å². The molecule has 0 aliphatic carbocycles. The topological polar surface area (TPSA) is 105 Å². The smallest absolute Gasteiger partial charge is 0.338 e. The van der Waals surface area contributed by atoms with Gasteiger partial charge >= 0.3 is 5.97 Å². The average Bonchev–Trinajstić information content (AvgIpc) is 3.10. The fourth-order valence-electron chi connectivity index (χ4n) is 3.73. The number of esters is 1. The van der Waals surface area contributed by atoms with Gasteiger partial charge in [-0.15, -0.1) is 0 Å². The Labute approximate surface area is 239 Å². The van der Waals surface area contributed by atoms with Crippen molar-refractivity contribution in [1.82, 2.24) is 5.32 Å². The number of benzene rings is 3. The zero-order chi connectivity index (χ0) is 28.3. The van der Waals surface area contributed by atoms with E-state index in [0.717, 1.165) is 4.90 Å². The third-order valence-corrected chi connectivity index (χ3v) is 6.50. The van der Waals surface area contributed by atoms with Crippen LogP contribution in [-0.2, 0) is 20.9 Å². The van der Waals surface area contributed by atoms with E-state index >= 15 is 0 Å². The second kappa shape index (κ2) is 11.9. The lowest BCUT2D eigenvalue weighted by molar-refractivity contribution is -0.120. The van der Waals surface area contributed by atoms with Gasteiger partial charge in [-0.2, -0.15) is 0 Å². The lowest BCUT2D eigenvalue weighted by Gasteiger charge is -2.16. The zero-order valence-corrected chi connectivity index (χ0v) is 23.0. The Hall–Kier alpha value is -3.85. The fraction of sp³-hybridized carbons (Fsp3) is 0.143. The number of hydrogen-bond acceptors (Lipinski definition) is 6. The van der Waals surface area contributed by atoms with E-state index in [2.05, 4.69) is 10.6 Å². The molecule has 0 spiro atoms. The monoisotopic (exact) mass is 585 g/mol. The van der Waals surface area contributed by atoms with Crippen molar-refractivity contribution in [3.8, 4) is 0 Å². The summed E-state index contributed by atoms with van der Waals surface area (Å²) in [5, 5.41) is 6.21. The van der Waals surface area contributed by atoms with Crippen LogP contribution in [0.4, 0.5) is 11.4 Å². The number of nitrogens with zero attached hydrogens (tertiary/aromatic N) is 1. The number of imide groups is 1. The van der Waals surface area contributed by atoms with E-state index in [1.165, 1.54) is 30.3 Å². The first-order valence-electron chi connectivity index (χ1n) is 11.7. The lowest BCUT2D eigenvalue weighted by Crippen LogP contribution is -2.32. The number of hydrogen-bond donors (Lipinski definition) is 2. The first-order chi connectivity index (χ1) is 18.5. The Morgan fingerprint density at radius 3 is 2.33 bits per heavy atom. The molecule has 3 aromatic rings. The van der Waals surface area contributed by atoms with Crippen LogP contribution in [-0.4, -0.2) is 29.8 Å². The van der Waals surface area contributed by atoms with Gasteiger partial charge in [-0.05, 0) is 67.9 Å². The normalized spacial score (nSPS) is 13.2. The molecular weight excluding hydrogens is 565 g/mol. The number of carbonyl (C=O) groups is 4. The average molecular weight is 587 g/mol. The molecule has 3 amide bonds. The van der Waals surface area contributed by atoms with E-state index in [9.17, 15) is 19.2 Å². The van der Waals surface area contributed by atoms with Crippen LogP contribution < -0.4 is 15.5 Å². The molecule has 0 atom stereocenters. The molecule has 8 nitrogen and oxygen atoms in total. The summed E-state index contributed by atoms with van der Waals surface area (Å²) in [5.74, 6) is -2.44. The number of anilines is 2. The van der Waals surface area contributed by atoms with Gasteiger partial charge in [0.25, 0.3) is 17.7 Å². The lowest BCUT2D eigenvalue weighted by atomic mass is 10.1. The number of halogens is 3. The largest absolute Gasteiger partial charge is 0.459 e. The number of ether oxygens (including phenoxy) is 1. The van der Waals surface area contributed by atoms with Crippen molar-refractivity contribution in [2.75, 3.05) is 10.2 Å². The number of carbonyl (C=O) groups excluding carboxylic acids is 4. The summed E-state index contributed by atoms with van der Waals surface area (Å²) in [4.78, 5) is 52.0.